The molecule has 11 nitrogen and oxygen atoms in total. The first-order valence-electron chi connectivity index (χ1n) is 10.1. The average Bonchev–Trinajstić information content (AvgIpc) is 3.41. The van der Waals surface area contributed by atoms with Crippen LogP contribution < -0.4 is 21.1 Å². The second-order valence-electron chi connectivity index (χ2n) is 8.07. The quantitative estimate of drug-likeness (QED) is 0.588. The molecule has 0 aliphatic carbocycles. The van der Waals surface area contributed by atoms with Gasteiger partial charge in [0.1, 0.15) is 17.3 Å². The molecule has 1 saturated heterocycles. The molecule has 0 radical (unpaired) electrons. The molecule has 1 aromatic heterocycles. The van der Waals surface area contributed by atoms with Gasteiger partial charge in [-0.2, -0.15) is 0 Å². The third-order valence-corrected chi connectivity index (χ3v) is 6.16. The standard InChI is InChI=1S/C21H21N5O6/c1-31-13-3-2-11-8-26(17(27)14(11)7-13)10-21(18(28)23-20(30)24-21)16-6-12-9-25(19(22)29)5-4-15(12)32-16/h2-3,6-7H,4-5,8-10H2,1H3,(H2,22,29)(H2,23,24,28,30). The van der Waals surface area contributed by atoms with E-state index in [0.29, 0.717) is 35.6 Å². The fourth-order valence-electron chi connectivity index (χ4n) is 4.47. The SMILES string of the molecule is COc1ccc2c(c1)C(=O)N(CC1(c3cc4c(o3)CCN(C(N)=O)C4)NC(=O)NC1=O)C2. The second kappa shape index (κ2) is 7.01. The highest BCUT2D eigenvalue weighted by atomic mass is 16.5. The van der Waals surface area contributed by atoms with E-state index in [1.807, 2.05) is 0 Å². The van der Waals surface area contributed by atoms with Gasteiger partial charge in [-0.05, 0) is 23.8 Å². The Morgan fingerprint density at radius 3 is 2.72 bits per heavy atom. The van der Waals surface area contributed by atoms with Gasteiger partial charge in [-0.1, -0.05) is 6.07 Å². The van der Waals surface area contributed by atoms with E-state index in [2.05, 4.69) is 10.6 Å². The van der Waals surface area contributed by atoms with Gasteiger partial charge in [0.2, 0.25) is 0 Å². The molecule has 3 aliphatic rings. The number of hydrogen-bond donors (Lipinski definition) is 3. The zero-order valence-corrected chi connectivity index (χ0v) is 17.3. The van der Waals surface area contributed by atoms with E-state index in [0.717, 1.165) is 5.56 Å². The summed E-state index contributed by atoms with van der Waals surface area (Å²) in [4.78, 5) is 52.6. The molecule has 1 fully saturated rings. The molecule has 0 saturated carbocycles. The van der Waals surface area contributed by atoms with Crippen LogP contribution in [0, 0.1) is 0 Å². The second-order valence-corrected chi connectivity index (χ2v) is 8.07. The number of urea groups is 2. The van der Waals surface area contributed by atoms with Gasteiger partial charge in [0.05, 0.1) is 20.2 Å². The average molecular weight is 439 g/mol. The van der Waals surface area contributed by atoms with E-state index < -0.39 is 23.5 Å². The Labute approximate surface area is 182 Å². The number of carbonyl (C=O) groups is 4. The number of carbonyl (C=O) groups excluding carboxylic acids is 4. The third kappa shape index (κ3) is 2.96. The van der Waals surface area contributed by atoms with Gasteiger partial charge in [-0.15, -0.1) is 0 Å². The number of nitrogens with two attached hydrogens (primary N) is 1. The summed E-state index contributed by atoms with van der Waals surface area (Å²) in [6.45, 7) is 0.793. The van der Waals surface area contributed by atoms with E-state index >= 15 is 0 Å². The maximum absolute atomic E-state index is 13.1. The van der Waals surface area contributed by atoms with Gasteiger partial charge >= 0.3 is 12.1 Å². The number of imide groups is 1. The maximum atomic E-state index is 13.1. The Morgan fingerprint density at radius 2 is 2.03 bits per heavy atom. The summed E-state index contributed by atoms with van der Waals surface area (Å²) in [6, 6.07) is 5.65. The van der Waals surface area contributed by atoms with E-state index in [1.54, 1.807) is 24.3 Å². The molecule has 11 heteroatoms. The first-order valence-corrected chi connectivity index (χ1v) is 10.1. The predicted octanol–water partition coefficient (Wildman–Crippen LogP) is 0.416. The molecule has 0 spiro atoms. The van der Waals surface area contributed by atoms with Crippen LogP contribution in [-0.2, 0) is 29.8 Å². The van der Waals surface area contributed by atoms with Crippen molar-refractivity contribution in [3.8, 4) is 5.75 Å². The molecule has 32 heavy (non-hydrogen) atoms. The molecule has 4 N–H and O–H groups in total. The number of amides is 6. The number of primary amides is 1. The van der Waals surface area contributed by atoms with Crippen molar-refractivity contribution < 1.29 is 28.3 Å². The smallest absolute Gasteiger partial charge is 0.322 e. The topological polar surface area (TPSA) is 147 Å². The lowest BCUT2D eigenvalue weighted by Gasteiger charge is -2.29. The Morgan fingerprint density at radius 1 is 1.22 bits per heavy atom. The van der Waals surface area contributed by atoms with Crippen LogP contribution in [-0.4, -0.2) is 53.9 Å². The zero-order chi connectivity index (χ0) is 22.6. The molecular formula is C21H21N5O6. The van der Waals surface area contributed by atoms with Crippen molar-refractivity contribution in [2.75, 3.05) is 20.2 Å². The van der Waals surface area contributed by atoms with Crippen molar-refractivity contribution in [1.29, 1.82) is 0 Å². The highest BCUT2D eigenvalue weighted by Gasteiger charge is 2.53. The molecular weight excluding hydrogens is 418 g/mol. The van der Waals surface area contributed by atoms with Gasteiger partial charge in [0.25, 0.3) is 11.8 Å². The molecule has 0 bridgehead atoms. The summed E-state index contributed by atoms with van der Waals surface area (Å²) >= 11 is 0. The summed E-state index contributed by atoms with van der Waals surface area (Å²) < 4.78 is 11.2. The Balaban J connectivity index is 1.49. The lowest BCUT2D eigenvalue weighted by atomic mass is 9.94. The van der Waals surface area contributed by atoms with Crippen LogP contribution in [0.15, 0.2) is 28.7 Å². The maximum Gasteiger partial charge on any atom is 0.322 e. The first-order chi connectivity index (χ1) is 15.3. The summed E-state index contributed by atoms with van der Waals surface area (Å²) in [6.07, 6.45) is 0.428. The van der Waals surface area contributed by atoms with Gasteiger partial charge < -0.3 is 30.0 Å². The van der Waals surface area contributed by atoms with Crippen molar-refractivity contribution in [3.63, 3.8) is 0 Å². The van der Waals surface area contributed by atoms with E-state index in [1.165, 1.54) is 16.9 Å². The van der Waals surface area contributed by atoms with E-state index in [-0.39, 0.29) is 31.3 Å². The fraction of sp³-hybridized carbons (Fsp3) is 0.333. The number of methoxy groups -OCH3 is 1. The normalized spacial score (nSPS) is 21.8. The van der Waals surface area contributed by atoms with Crippen molar-refractivity contribution in [2.45, 2.75) is 25.0 Å². The number of fused-ring (bicyclic) bond motifs is 2. The molecule has 1 aromatic carbocycles. The van der Waals surface area contributed by atoms with E-state index in [4.69, 9.17) is 14.9 Å². The number of hydrogen-bond acceptors (Lipinski definition) is 6. The van der Waals surface area contributed by atoms with Crippen LogP contribution in [0.3, 0.4) is 0 Å². The van der Waals surface area contributed by atoms with Crippen LogP contribution in [0.4, 0.5) is 9.59 Å². The molecule has 1 unspecified atom stereocenters. The van der Waals surface area contributed by atoms with E-state index in [9.17, 15) is 19.2 Å². The molecule has 4 heterocycles. The molecule has 1 atom stereocenters. The summed E-state index contributed by atoms with van der Waals surface area (Å²) in [7, 11) is 1.52. The minimum absolute atomic E-state index is 0.119. The van der Waals surface area contributed by atoms with Crippen LogP contribution in [0.1, 0.15) is 33.0 Å². The highest BCUT2D eigenvalue weighted by Crippen LogP contribution is 2.35. The van der Waals surface area contributed by atoms with Crippen molar-refractivity contribution in [1.82, 2.24) is 20.4 Å². The lowest BCUT2D eigenvalue weighted by molar-refractivity contribution is -0.125. The van der Waals surface area contributed by atoms with Gasteiger partial charge in [0, 0.05) is 30.6 Å². The fourth-order valence-corrected chi connectivity index (χ4v) is 4.47. The summed E-state index contributed by atoms with van der Waals surface area (Å²) in [5.41, 5.74) is 5.79. The number of rotatable bonds is 4. The van der Waals surface area contributed by atoms with Crippen LogP contribution in [0.5, 0.6) is 5.75 Å². The minimum Gasteiger partial charge on any atom is -0.497 e. The first kappa shape index (κ1) is 19.9. The molecule has 166 valence electrons. The van der Waals surface area contributed by atoms with Crippen molar-refractivity contribution >= 4 is 23.9 Å². The number of nitrogens with one attached hydrogen (secondary N) is 2. The largest absolute Gasteiger partial charge is 0.497 e. The lowest BCUT2D eigenvalue weighted by Crippen LogP contribution is -2.52. The van der Waals surface area contributed by atoms with Crippen molar-refractivity contribution in [2.24, 2.45) is 5.73 Å². The zero-order valence-electron chi connectivity index (χ0n) is 17.3. The van der Waals surface area contributed by atoms with Gasteiger partial charge in [0.15, 0.2) is 5.54 Å². The van der Waals surface area contributed by atoms with Gasteiger partial charge in [-0.3, -0.25) is 14.9 Å². The molecule has 3 aliphatic heterocycles. The third-order valence-electron chi connectivity index (χ3n) is 6.16. The van der Waals surface area contributed by atoms with Crippen molar-refractivity contribution in [3.05, 3.63) is 52.5 Å². The monoisotopic (exact) mass is 439 g/mol. The van der Waals surface area contributed by atoms with Crippen LogP contribution in [0.25, 0.3) is 0 Å². The summed E-state index contributed by atoms with van der Waals surface area (Å²) in [5, 5.41) is 4.91. The predicted molar refractivity (Wildman–Crippen MR) is 108 cm³/mol. The molecule has 2 aromatic rings. The number of nitrogens with zero attached hydrogens (tertiary/aromatic N) is 2. The Kier molecular flexibility index (Phi) is 4.36. The Hall–Kier alpha value is -4.02. The van der Waals surface area contributed by atoms with Gasteiger partial charge in [-0.25, -0.2) is 9.59 Å². The molecule has 6 amide bonds. The Bertz CT molecular complexity index is 1170. The summed E-state index contributed by atoms with van der Waals surface area (Å²) in [5.74, 6) is 0.494. The molecule has 5 rings (SSSR count). The number of benzene rings is 1. The number of ether oxygens (including phenoxy) is 1. The van der Waals surface area contributed by atoms with Crippen LogP contribution in [0.2, 0.25) is 0 Å². The number of furan rings is 1. The minimum atomic E-state index is -1.59. The highest BCUT2D eigenvalue weighted by molar-refractivity contribution is 6.08. The van der Waals surface area contributed by atoms with Crippen LogP contribution >= 0.6 is 0 Å².